The summed E-state index contributed by atoms with van der Waals surface area (Å²) >= 11 is 0. The molecule has 3 fully saturated rings. The Bertz CT molecular complexity index is 1170. The van der Waals surface area contributed by atoms with Crippen LogP contribution in [0.5, 0.6) is 11.5 Å². The fourth-order valence-corrected chi connectivity index (χ4v) is 5.58. The summed E-state index contributed by atoms with van der Waals surface area (Å²) in [6.07, 6.45) is 5.43. The predicted molar refractivity (Wildman–Crippen MR) is 159 cm³/mol. The quantitative estimate of drug-likeness (QED) is 0.368. The van der Waals surface area contributed by atoms with Gasteiger partial charge in [-0.25, -0.2) is 4.79 Å². The molecule has 0 radical (unpaired) electrons. The maximum absolute atomic E-state index is 12.9. The van der Waals surface area contributed by atoms with Crippen molar-refractivity contribution in [2.45, 2.75) is 90.0 Å². The maximum atomic E-state index is 12.9. The monoisotopic (exact) mass is 563 g/mol. The van der Waals surface area contributed by atoms with E-state index in [-0.39, 0.29) is 30.0 Å². The lowest BCUT2D eigenvalue weighted by Crippen LogP contribution is -2.38. The van der Waals surface area contributed by atoms with Crippen molar-refractivity contribution in [3.63, 3.8) is 0 Å². The summed E-state index contributed by atoms with van der Waals surface area (Å²) < 4.78 is 17.5. The highest BCUT2D eigenvalue weighted by Gasteiger charge is 2.32. The molecule has 3 aliphatic rings. The molecule has 1 saturated heterocycles. The lowest BCUT2D eigenvalue weighted by molar-refractivity contribution is -0.125. The Morgan fingerprint density at radius 1 is 0.951 bits per heavy atom. The number of carbonyl (C=O) groups excluding carboxylic acids is 2. The summed E-state index contributed by atoms with van der Waals surface area (Å²) in [6.45, 7) is 10.2. The smallest absolute Gasteiger partial charge is 0.407 e. The van der Waals surface area contributed by atoms with Crippen LogP contribution in [0.15, 0.2) is 48.5 Å². The number of anilines is 1. The van der Waals surface area contributed by atoms with E-state index in [0.717, 1.165) is 61.9 Å². The minimum Gasteiger partial charge on any atom is -0.493 e. The Morgan fingerprint density at radius 3 is 2.34 bits per heavy atom. The summed E-state index contributed by atoms with van der Waals surface area (Å²) in [6, 6.07) is 16.3. The van der Waals surface area contributed by atoms with Crippen LogP contribution in [0, 0.1) is 11.8 Å². The van der Waals surface area contributed by atoms with Gasteiger partial charge in [-0.2, -0.15) is 0 Å². The van der Waals surface area contributed by atoms with E-state index in [1.807, 2.05) is 52.0 Å². The number of carbonyl (C=O) groups is 2. The Labute approximate surface area is 244 Å². The van der Waals surface area contributed by atoms with Gasteiger partial charge in [0.15, 0.2) is 0 Å². The van der Waals surface area contributed by atoms with Crippen molar-refractivity contribution < 1.29 is 23.8 Å². The van der Waals surface area contributed by atoms with E-state index in [4.69, 9.17) is 14.2 Å². The summed E-state index contributed by atoms with van der Waals surface area (Å²) in [7, 11) is 0. The fraction of sp³-hybridized carbons (Fsp3) is 0.576. The summed E-state index contributed by atoms with van der Waals surface area (Å²) in [4.78, 5) is 27.4. The molecule has 2 aliphatic carbocycles. The third-order valence-corrected chi connectivity index (χ3v) is 8.10. The molecule has 0 spiro atoms. The zero-order chi connectivity index (χ0) is 29.0. The van der Waals surface area contributed by atoms with Crippen molar-refractivity contribution >= 4 is 17.7 Å². The molecule has 2 saturated carbocycles. The van der Waals surface area contributed by atoms with E-state index in [0.29, 0.717) is 6.42 Å². The van der Waals surface area contributed by atoms with Crippen molar-refractivity contribution in [3.8, 4) is 11.5 Å². The van der Waals surface area contributed by atoms with Crippen LogP contribution in [0.3, 0.4) is 0 Å². The van der Waals surface area contributed by atoms with Crippen LogP contribution in [0.4, 0.5) is 10.5 Å². The average Bonchev–Trinajstić information content (AvgIpc) is 3.44. The van der Waals surface area contributed by atoms with E-state index in [1.54, 1.807) is 0 Å². The number of rotatable bonds is 10. The number of nitrogens with zero attached hydrogens (tertiary/aromatic N) is 1. The normalized spacial score (nSPS) is 23.1. The van der Waals surface area contributed by atoms with Gasteiger partial charge in [0.05, 0.1) is 19.2 Å². The standard InChI is InChI=1S/C33H45N3O5/c1-22(34-31(37)25-7-10-26(19-25)35-32(38)41-33(2,3)4)24-8-13-29(14-9-24)40-30-17-18-36(20-30)27-11-15-28(16-12-27)39-21-23-5-6-23/h8-9,11-16,22-23,25-26,30H,5-7,10,17-21H2,1-4H3,(H,34,37)(H,35,38). The predicted octanol–water partition coefficient (Wildman–Crippen LogP) is 6.00. The lowest BCUT2D eigenvalue weighted by Gasteiger charge is -2.22. The second-order valence-electron chi connectivity index (χ2n) is 12.9. The van der Waals surface area contributed by atoms with Crippen molar-refractivity contribution in [3.05, 3.63) is 54.1 Å². The summed E-state index contributed by atoms with van der Waals surface area (Å²) in [5.41, 5.74) is 1.69. The van der Waals surface area contributed by atoms with E-state index in [9.17, 15) is 9.59 Å². The van der Waals surface area contributed by atoms with Crippen LogP contribution in [0.1, 0.15) is 77.8 Å². The zero-order valence-electron chi connectivity index (χ0n) is 24.9. The number of benzene rings is 2. The van der Waals surface area contributed by atoms with Crippen LogP contribution in [-0.2, 0) is 9.53 Å². The molecule has 8 heteroatoms. The van der Waals surface area contributed by atoms with Gasteiger partial charge in [-0.15, -0.1) is 0 Å². The van der Waals surface area contributed by atoms with Crippen molar-refractivity contribution in [1.29, 1.82) is 0 Å². The van der Waals surface area contributed by atoms with E-state index >= 15 is 0 Å². The molecule has 2 aromatic rings. The number of amides is 2. The molecule has 8 nitrogen and oxygen atoms in total. The summed E-state index contributed by atoms with van der Waals surface area (Å²) in [5.74, 6) is 2.45. The Kier molecular flexibility index (Phi) is 8.95. The first-order valence-electron chi connectivity index (χ1n) is 15.2. The van der Waals surface area contributed by atoms with Gasteiger partial charge in [0.2, 0.25) is 5.91 Å². The van der Waals surface area contributed by atoms with Crippen molar-refractivity contribution in [2.24, 2.45) is 11.8 Å². The topological polar surface area (TPSA) is 89.1 Å². The molecule has 4 unspecified atom stereocenters. The van der Waals surface area contributed by atoms with Gasteiger partial charge < -0.3 is 29.7 Å². The van der Waals surface area contributed by atoms with Crippen LogP contribution >= 0.6 is 0 Å². The first-order valence-corrected chi connectivity index (χ1v) is 15.2. The molecule has 5 rings (SSSR count). The maximum Gasteiger partial charge on any atom is 0.407 e. The van der Waals surface area contributed by atoms with Crippen LogP contribution in [0.25, 0.3) is 0 Å². The van der Waals surface area contributed by atoms with Crippen LogP contribution in [0.2, 0.25) is 0 Å². The SMILES string of the molecule is CC(NC(=O)C1CCC(NC(=O)OC(C)(C)C)C1)c1ccc(OC2CCN(c3ccc(OCC4CC4)cc3)C2)cc1. The molecule has 41 heavy (non-hydrogen) atoms. The third kappa shape index (κ3) is 8.54. The first kappa shape index (κ1) is 29.1. The molecular weight excluding hydrogens is 518 g/mol. The fourth-order valence-electron chi connectivity index (χ4n) is 5.58. The van der Waals surface area contributed by atoms with E-state index in [1.165, 1.54) is 18.5 Å². The Hall–Kier alpha value is -3.42. The number of ether oxygens (including phenoxy) is 3. The van der Waals surface area contributed by atoms with Gasteiger partial charge in [0.25, 0.3) is 0 Å². The van der Waals surface area contributed by atoms with Gasteiger partial charge >= 0.3 is 6.09 Å². The summed E-state index contributed by atoms with van der Waals surface area (Å²) in [5, 5.41) is 6.05. The molecule has 2 N–H and O–H groups in total. The highest BCUT2D eigenvalue weighted by atomic mass is 16.6. The zero-order valence-corrected chi connectivity index (χ0v) is 24.9. The van der Waals surface area contributed by atoms with Gasteiger partial charge in [0.1, 0.15) is 23.2 Å². The lowest BCUT2D eigenvalue weighted by atomic mass is 10.0. The minimum absolute atomic E-state index is 0.0277. The molecule has 0 bridgehead atoms. The molecule has 1 heterocycles. The third-order valence-electron chi connectivity index (χ3n) is 8.10. The minimum atomic E-state index is -0.538. The average molecular weight is 564 g/mol. The highest BCUT2D eigenvalue weighted by Crippen LogP contribution is 2.31. The molecule has 4 atom stereocenters. The number of alkyl carbamates (subject to hydrolysis) is 1. The highest BCUT2D eigenvalue weighted by molar-refractivity contribution is 5.79. The van der Waals surface area contributed by atoms with Crippen molar-refractivity contribution in [1.82, 2.24) is 10.6 Å². The Morgan fingerprint density at radius 2 is 1.66 bits per heavy atom. The molecule has 2 aromatic carbocycles. The molecule has 222 valence electrons. The molecule has 2 amide bonds. The number of nitrogens with one attached hydrogen (secondary N) is 2. The number of hydrogen-bond acceptors (Lipinski definition) is 6. The van der Waals surface area contributed by atoms with Gasteiger partial charge in [-0.3, -0.25) is 4.79 Å². The largest absolute Gasteiger partial charge is 0.493 e. The molecule has 0 aromatic heterocycles. The van der Waals surface area contributed by atoms with Crippen LogP contribution in [-0.4, -0.2) is 49.4 Å². The number of hydrogen-bond donors (Lipinski definition) is 2. The van der Waals surface area contributed by atoms with Gasteiger partial charge in [-0.1, -0.05) is 12.1 Å². The van der Waals surface area contributed by atoms with Crippen LogP contribution < -0.4 is 25.0 Å². The first-order chi connectivity index (χ1) is 19.6. The molecule has 1 aliphatic heterocycles. The second kappa shape index (κ2) is 12.6. The Balaban J connectivity index is 1.04. The molecular formula is C33H45N3O5. The van der Waals surface area contributed by atoms with Gasteiger partial charge in [0, 0.05) is 30.6 Å². The van der Waals surface area contributed by atoms with Gasteiger partial charge in [-0.05, 0) is 108 Å². The second-order valence-corrected chi connectivity index (χ2v) is 12.9. The van der Waals surface area contributed by atoms with Crippen molar-refractivity contribution in [2.75, 3.05) is 24.6 Å². The van der Waals surface area contributed by atoms with E-state index in [2.05, 4.69) is 39.8 Å². The van der Waals surface area contributed by atoms with E-state index < -0.39 is 11.7 Å².